The highest BCUT2D eigenvalue weighted by atomic mass is 32.1. The summed E-state index contributed by atoms with van der Waals surface area (Å²) in [6.07, 6.45) is 0.753. The average Bonchev–Trinajstić information content (AvgIpc) is 3.20. The van der Waals surface area contributed by atoms with Crippen LogP contribution >= 0.6 is 11.3 Å². The van der Waals surface area contributed by atoms with E-state index >= 15 is 0 Å². The van der Waals surface area contributed by atoms with E-state index in [9.17, 15) is 4.79 Å². The molecule has 1 fully saturated rings. The molecule has 2 aromatic carbocycles. The minimum atomic E-state index is 0.753. The Bertz CT molecular complexity index is 997. The number of methoxy groups -OCH3 is 1. The molecule has 4 rings (SSSR count). The first-order valence-electron chi connectivity index (χ1n) is 10.0. The first-order valence-corrected chi connectivity index (χ1v) is 10.9. The fraction of sp³-hybridized carbons (Fsp3) is 0.333. The van der Waals surface area contributed by atoms with Crippen molar-refractivity contribution in [3.05, 3.63) is 65.0 Å². The van der Waals surface area contributed by atoms with Crippen molar-refractivity contribution < 1.29 is 9.53 Å². The maximum Gasteiger partial charge on any atom is 0.128 e. The molecule has 0 atom stereocenters. The number of hydrogen-bond donors (Lipinski definition) is 0. The van der Waals surface area contributed by atoms with Crippen LogP contribution in [0.2, 0.25) is 0 Å². The van der Waals surface area contributed by atoms with Crippen LogP contribution in [0.3, 0.4) is 0 Å². The lowest BCUT2D eigenvalue weighted by Crippen LogP contribution is -2.46. The molecule has 1 aliphatic rings. The van der Waals surface area contributed by atoms with E-state index in [2.05, 4.69) is 45.4 Å². The van der Waals surface area contributed by atoms with Crippen LogP contribution in [-0.2, 0) is 11.3 Å². The van der Waals surface area contributed by atoms with E-state index in [1.165, 1.54) is 15.6 Å². The molecule has 4 nitrogen and oxygen atoms in total. The van der Waals surface area contributed by atoms with Crippen LogP contribution in [0.15, 0.2) is 53.9 Å². The van der Waals surface area contributed by atoms with E-state index in [0.29, 0.717) is 0 Å². The van der Waals surface area contributed by atoms with Gasteiger partial charge in [0.05, 0.1) is 7.11 Å². The van der Waals surface area contributed by atoms with Gasteiger partial charge in [0, 0.05) is 65.9 Å². The lowest BCUT2D eigenvalue weighted by molar-refractivity contribution is 0.129. The first kappa shape index (κ1) is 19.9. The number of thiophene rings is 1. The molecule has 150 valence electrons. The predicted octanol–water partition coefficient (Wildman–Crippen LogP) is 4.33. The van der Waals surface area contributed by atoms with Crippen LogP contribution in [0, 0.1) is 0 Å². The number of hydrogen-bond acceptors (Lipinski definition) is 5. The highest BCUT2D eigenvalue weighted by molar-refractivity contribution is 7.17. The Kier molecular flexibility index (Phi) is 6.43. The Morgan fingerprint density at radius 1 is 1.03 bits per heavy atom. The Morgan fingerprint density at radius 2 is 1.76 bits per heavy atom. The summed E-state index contributed by atoms with van der Waals surface area (Å²) >= 11 is 1.69. The summed E-state index contributed by atoms with van der Waals surface area (Å²) in [5.41, 5.74) is 3.16. The Labute approximate surface area is 176 Å². The number of nitrogens with zero attached hydrogens (tertiary/aromatic N) is 2. The zero-order chi connectivity index (χ0) is 20.1. The van der Waals surface area contributed by atoms with E-state index in [1.807, 2.05) is 24.3 Å². The van der Waals surface area contributed by atoms with Crippen molar-refractivity contribution in [2.45, 2.75) is 13.0 Å². The fourth-order valence-corrected chi connectivity index (χ4v) is 4.86. The van der Waals surface area contributed by atoms with Crippen molar-refractivity contribution in [1.29, 1.82) is 0 Å². The first-order chi connectivity index (χ1) is 14.3. The van der Waals surface area contributed by atoms with Gasteiger partial charge in [0.2, 0.25) is 0 Å². The Morgan fingerprint density at radius 3 is 2.48 bits per heavy atom. The molecule has 0 aliphatic carbocycles. The molecule has 5 heteroatoms. The van der Waals surface area contributed by atoms with Gasteiger partial charge >= 0.3 is 0 Å². The van der Waals surface area contributed by atoms with Gasteiger partial charge < -0.3 is 9.64 Å². The van der Waals surface area contributed by atoms with Crippen LogP contribution in [0.5, 0.6) is 5.75 Å². The quantitative estimate of drug-likeness (QED) is 0.547. The van der Waals surface area contributed by atoms with Crippen LogP contribution < -0.4 is 4.74 Å². The van der Waals surface area contributed by atoms with Crippen LogP contribution in [-0.4, -0.2) is 55.6 Å². The maximum atomic E-state index is 11.6. The van der Waals surface area contributed by atoms with Gasteiger partial charge in [-0.3, -0.25) is 4.90 Å². The summed E-state index contributed by atoms with van der Waals surface area (Å²) in [5.74, 6) is 3.11. The molecular formula is C24H26N2O2S. The summed E-state index contributed by atoms with van der Waals surface area (Å²) < 4.78 is 6.45. The molecule has 0 saturated carbocycles. The average molecular weight is 407 g/mol. The Hall–Kier alpha value is -2.43. The second kappa shape index (κ2) is 9.38. The van der Waals surface area contributed by atoms with Crippen molar-refractivity contribution in [1.82, 2.24) is 9.80 Å². The Balaban J connectivity index is 1.28. The third-order valence-corrected chi connectivity index (χ3v) is 6.60. The van der Waals surface area contributed by atoms with E-state index < -0.39 is 0 Å². The van der Waals surface area contributed by atoms with Crippen LogP contribution in [0.4, 0.5) is 0 Å². The number of piperazine rings is 1. The predicted molar refractivity (Wildman–Crippen MR) is 120 cm³/mol. The van der Waals surface area contributed by atoms with Gasteiger partial charge in [-0.15, -0.1) is 11.3 Å². The summed E-state index contributed by atoms with van der Waals surface area (Å²) in [6.45, 7) is 6.05. The standard InChI is InChI=1S/C24H26N2O2S/c1-28-21-8-6-19(7-9-21)16-26-14-12-25(13-15-26)11-10-20(17-27)23-18-29-24-5-3-2-4-22(23)24/h2-9,18H,10-16H2,1H3. The molecule has 1 saturated heterocycles. The van der Waals surface area contributed by atoms with Gasteiger partial charge in [-0.05, 0) is 30.2 Å². The van der Waals surface area contributed by atoms with Crippen molar-refractivity contribution in [2.75, 3.05) is 39.8 Å². The highest BCUT2D eigenvalue weighted by Gasteiger charge is 2.18. The second-order valence-corrected chi connectivity index (χ2v) is 8.35. The molecule has 0 radical (unpaired) electrons. The lowest BCUT2D eigenvalue weighted by Gasteiger charge is -2.34. The van der Waals surface area contributed by atoms with Crippen molar-refractivity contribution in [2.24, 2.45) is 0 Å². The molecule has 29 heavy (non-hydrogen) atoms. The fourth-order valence-electron chi connectivity index (χ4n) is 3.88. The zero-order valence-corrected chi connectivity index (χ0v) is 17.6. The molecule has 3 aromatic rings. The summed E-state index contributed by atoms with van der Waals surface area (Å²) in [6, 6.07) is 16.6. The number of fused-ring (bicyclic) bond motifs is 1. The van der Waals surface area contributed by atoms with E-state index in [1.54, 1.807) is 18.4 Å². The molecule has 2 heterocycles. The van der Waals surface area contributed by atoms with Gasteiger partial charge in [0.15, 0.2) is 0 Å². The topological polar surface area (TPSA) is 32.8 Å². The normalized spacial score (nSPS) is 15.3. The van der Waals surface area contributed by atoms with E-state index in [-0.39, 0.29) is 0 Å². The number of rotatable bonds is 7. The minimum Gasteiger partial charge on any atom is -0.497 e. The molecule has 0 unspecified atom stereocenters. The molecule has 0 amide bonds. The summed E-state index contributed by atoms with van der Waals surface area (Å²) in [5, 5.41) is 3.26. The van der Waals surface area contributed by atoms with Crippen molar-refractivity contribution in [3.63, 3.8) is 0 Å². The summed E-state index contributed by atoms with van der Waals surface area (Å²) in [4.78, 5) is 16.6. The molecule has 0 N–H and O–H groups in total. The molecule has 0 spiro atoms. The van der Waals surface area contributed by atoms with Crippen molar-refractivity contribution >= 4 is 32.9 Å². The maximum absolute atomic E-state index is 11.6. The monoisotopic (exact) mass is 406 g/mol. The third kappa shape index (κ3) is 4.77. The molecule has 1 aliphatic heterocycles. The minimum absolute atomic E-state index is 0.753. The number of ether oxygens (including phenoxy) is 1. The van der Waals surface area contributed by atoms with Gasteiger partial charge in [0.25, 0.3) is 0 Å². The highest BCUT2D eigenvalue weighted by Crippen LogP contribution is 2.31. The molecule has 0 bridgehead atoms. The van der Waals surface area contributed by atoms with Gasteiger partial charge in [-0.25, -0.2) is 4.79 Å². The SMILES string of the molecule is COc1ccc(CN2CCN(CCC(=C=O)c3csc4ccccc34)CC2)cc1. The third-order valence-electron chi connectivity index (χ3n) is 5.64. The second-order valence-electron chi connectivity index (χ2n) is 7.44. The van der Waals surface area contributed by atoms with Crippen LogP contribution in [0.25, 0.3) is 15.7 Å². The van der Waals surface area contributed by atoms with Gasteiger partial charge in [-0.1, -0.05) is 30.3 Å². The lowest BCUT2D eigenvalue weighted by atomic mass is 10.0. The molecular weight excluding hydrogens is 380 g/mol. The smallest absolute Gasteiger partial charge is 0.128 e. The van der Waals surface area contributed by atoms with Crippen molar-refractivity contribution in [3.8, 4) is 5.75 Å². The van der Waals surface area contributed by atoms with Gasteiger partial charge in [0.1, 0.15) is 11.7 Å². The number of carbonyl (C=O) groups excluding carboxylic acids is 1. The molecule has 1 aromatic heterocycles. The van der Waals surface area contributed by atoms with E-state index in [4.69, 9.17) is 4.74 Å². The van der Waals surface area contributed by atoms with E-state index in [0.717, 1.165) is 62.6 Å². The van der Waals surface area contributed by atoms with Crippen LogP contribution in [0.1, 0.15) is 17.5 Å². The number of benzene rings is 2. The van der Waals surface area contributed by atoms with Gasteiger partial charge in [-0.2, -0.15) is 0 Å². The zero-order valence-electron chi connectivity index (χ0n) is 16.8. The summed E-state index contributed by atoms with van der Waals surface area (Å²) in [7, 11) is 1.69. The largest absolute Gasteiger partial charge is 0.497 e.